The maximum absolute atomic E-state index is 5.40. The Morgan fingerprint density at radius 2 is 2.16 bits per heavy atom. The molecule has 0 unspecified atom stereocenters. The summed E-state index contributed by atoms with van der Waals surface area (Å²) in [6.07, 6.45) is 6.13. The van der Waals surface area contributed by atoms with Crippen molar-refractivity contribution in [2.45, 2.75) is 12.7 Å². The lowest BCUT2D eigenvalue weighted by molar-refractivity contribution is 0.122. The first-order valence-electron chi connectivity index (χ1n) is 6.45. The molecule has 2 aromatic rings. The van der Waals surface area contributed by atoms with Crippen LogP contribution in [0.3, 0.4) is 0 Å². The molecule has 0 aromatic carbocycles. The summed E-state index contributed by atoms with van der Waals surface area (Å²) in [6, 6.07) is 0. The van der Waals surface area contributed by atoms with Crippen molar-refractivity contribution in [2.24, 2.45) is 0 Å². The lowest BCUT2D eigenvalue weighted by Crippen LogP contribution is -2.37. The zero-order chi connectivity index (χ0) is 13.2. The van der Waals surface area contributed by atoms with Gasteiger partial charge in [-0.25, -0.2) is 9.97 Å². The van der Waals surface area contributed by atoms with E-state index in [0.29, 0.717) is 0 Å². The van der Waals surface area contributed by atoms with Gasteiger partial charge in [-0.05, 0) is 13.2 Å². The fourth-order valence-corrected chi connectivity index (χ4v) is 2.78. The van der Waals surface area contributed by atoms with Crippen molar-refractivity contribution in [2.75, 3.05) is 37.5 Å². The first kappa shape index (κ1) is 12.7. The SMILES string of the molecule is CSCc1cn2c(C)cnc(N3CCOCC3)c2n1. The number of fused-ring (bicyclic) bond motifs is 1. The molecule has 0 bridgehead atoms. The minimum atomic E-state index is 0.764. The van der Waals surface area contributed by atoms with Crippen LogP contribution in [0.15, 0.2) is 12.4 Å². The highest BCUT2D eigenvalue weighted by Gasteiger charge is 2.18. The largest absolute Gasteiger partial charge is 0.378 e. The summed E-state index contributed by atoms with van der Waals surface area (Å²) in [4.78, 5) is 11.6. The van der Waals surface area contributed by atoms with E-state index < -0.39 is 0 Å². The zero-order valence-electron chi connectivity index (χ0n) is 11.3. The molecule has 0 spiro atoms. The summed E-state index contributed by atoms with van der Waals surface area (Å²) in [5, 5.41) is 0. The number of morpholine rings is 1. The third-order valence-corrected chi connectivity index (χ3v) is 3.90. The number of aryl methyl sites for hydroxylation is 1. The Morgan fingerprint density at radius 3 is 2.89 bits per heavy atom. The van der Waals surface area contributed by atoms with Gasteiger partial charge in [-0.15, -0.1) is 0 Å². The first-order valence-corrected chi connectivity index (χ1v) is 7.84. The number of nitrogens with zero attached hydrogens (tertiary/aromatic N) is 4. The number of hydrogen-bond donors (Lipinski definition) is 0. The van der Waals surface area contributed by atoms with Crippen LogP contribution in [0.2, 0.25) is 0 Å². The van der Waals surface area contributed by atoms with E-state index in [1.54, 1.807) is 11.8 Å². The van der Waals surface area contributed by atoms with Gasteiger partial charge in [0.15, 0.2) is 11.5 Å². The second-order valence-corrected chi connectivity index (χ2v) is 5.55. The van der Waals surface area contributed by atoms with E-state index in [4.69, 9.17) is 9.72 Å². The van der Waals surface area contributed by atoms with E-state index in [9.17, 15) is 0 Å². The van der Waals surface area contributed by atoms with Gasteiger partial charge in [-0.1, -0.05) is 0 Å². The minimum absolute atomic E-state index is 0.764. The molecule has 1 saturated heterocycles. The van der Waals surface area contributed by atoms with Gasteiger partial charge in [0.05, 0.1) is 18.9 Å². The quantitative estimate of drug-likeness (QED) is 0.855. The summed E-state index contributed by atoms with van der Waals surface area (Å²) >= 11 is 1.79. The molecular formula is C13H18N4OS. The molecule has 0 N–H and O–H groups in total. The zero-order valence-corrected chi connectivity index (χ0v) is 12.1. The summed E-state index contributed by atoms with van der Waals surface area (Å²) < 4.78 is 7.54. The predicted octanol–water partition coefficient (Wildman–Crippen LogP) is 1.74. The second-order valence-electron chi connectivity index (χ2n) is 4.68. The smallest absolute Gasteiger partial charge is 0.180 e. The summed E-state index contributed by atoms with van der Waals surface area (Å²) in [5.74, 6) is 1.91. The first-order chi connectivity index (χ1) is 9.29. The van der Waals surface area contributed by atoms with E-state index in [1.165, 1.54) is 0 Å². The van der Waals surface area contributed by atoms with Crippen LogP contribution in [0, 0.1) is 6.92 Å². The van der Waals surface area contributed by atoms with Crippen molar-refractivity contribution >= 4 is 23.2 Å². The van der Waals surface area contributed by atoms with E-state index in [2.05, 4.69) is 33.7 Å². The van der Waals surface area contributed by atoms with Gasteiger partial charge >= 0.3 is 0 Å². The molecule has 3 heterocycles. The summed E-state index contributed by atoms with van der Waals surface area (Å²) in [7, 11) is 0. The number of anilines is 1. The highest BCUT2D eigenvalue weighted by molar-refractivity contribution is 7.97. The van der Waals surface area contributed by atoms with Crippen molar-refractivity contribution in [3.05, 3.63) is 23.8 Å². The molecule has 1 aliphatic heterocycles. The number of ether oxygens (including phenoxy) is 1. The average molecular weight is 278 g/mol. The van der Waals surface area contributed by atoms with Crippen LogP contribution in [-0.4, -0.2) is 46.9 Å². The fourth-order valence-electron chi connectivity index (χ4n) is 2.35. The van der Waals surface area contributed by atoms with Crippen molar-refractivity contribution in [3.8, 4) is 0 Å². The molecule has 6 heteroatoms. The summed E-state index contributed by atoms with van der Waals surface area (Å²) in [5.41, 5.74) is 3.19. The molecule has 0 aliphatic carbocycles. The molecule has 0 radical (unpaired) electrons. The monoisotopic (exact) mass is 278 g/mol. The molecule has 1 aliphatic rings. The van der Waals surface area contributed by atoms with Gasteiger partial charge in [0.2, 0.25) is 0 Å². The van der Waals surface area contributed by atoms with Crippen molar-refractivity contribution in [3.63, 3.8) is 0 Å². The number of rotatable bonds is 3. The van der Waals surface area contributed by atoms with Gasteiger partial charge in [-0.2, -0.15) is 11.8 Å². The predicted molar refractivity (Wildman–Crippen MR) is 78.0 cm³/mol. The molecule has 1 fully saturated rings. The Kier molecular flexibility index (Phi) is 3.61. The maximum atomic E-state index is 5.40. The van der Waals surface area contributed by atoms with Gasteiger partial charge in [-0.3, -0.25) is 4.40 Å². The molecule has 0 amide bonds. The van der Waals surface area contributed by atoms with Crippen LogP contribution in [0.4, 0.5) is 5.82 Å². The van der Waals surface area contributed by atoms with E-state index >= 15 is 0 Å². The van der Waals surface area contributed by atoms with Crippen LogP contribution < -0.4 is 4.90 Å². The Labute approximate surface area is 117 Å². The molecule has 2 aromatic heterocycles. The number of thioether (sulfide) groups is 1. The lowest BCUT2D eigenvalue weighted by Gasteiger charge is -2.28. The molecule has 102 valence electrons. The molecule has 5 nitrogen and oxygen atoms in total. The molecule has 19 heavy (non-hydrogen) atoms. The van der Waals surface area contributed by atoms with Crippen LogP contribution in [0.5, 0.6) is 0 Å². The minimum Gasteiger partial charge on any atom is -0.378 e. The van der Waals surface area contributed by atoms with Crippen LogP contribution in [0.25, 0.3) is 5.65 Å². The number of hydrogen-bond acceptors (Lipinski definition) is 5. The van der Waals surface area contributed by atoms with Crippen molar-refractivity contribution in [1.82, 2.24) is 14.4 Å². The standard InChI is InChI=1S/C13H18N4OS/c1-10-7-14-12(16-3-5-18-6-4-16)13-15-11(9-19-2)8-17(10)13/h7-8H,3-6,9H2,1-2H3. The maximum Gasteiger partial charge on any atom is 0.180 e. The molecule has 0 saturated carbocycles. The van der Waals surface area contributed by atoms with Crippen LogP contribution in [-0.2, 0) is 10.5 Å². The Hall–Kier alpha value is -1.27. The number of aromatic nitrogens is 3. The van der Waals surface area contributed by atoms with E-state index in [1.807, 2.05) is 6.20 Å². The summed E-state index contributed by atoms with van der Waals surface area (Å²) in [6.45, 7) is 5.36. The fraction of sp³-hybridized carbons (Fsp3) is 0.538. The average Bonchev–Trinajstić information content (AvgIpc) is 2.85. The van der Waals surface area contributed by atoms with Gasteiger partial charge in [0.1, 0.15) is 0 Å². The third kappa shape index (κ3) is 2.42. The van der Waals surface area contributed by atoms with Crippen LogP contribution >= 0.6 is 11.8 Å². The van der Waals surface area contributed by atoms with Gasteiger partial charge in [0, 0.05) is 36.9 Å². The highest BCUT2D eigenvalue weighted by atomic mass is 32.2. The topological polar surface area (TPSA) is 42.7 Å². The van der Waals surface area contributed by atoms with Gasteiger partial charge in [0.25, 0.3) is 0 Å². The highest BCUT2D eigenvalue weighted by Crippen LogP contribution is 2.22. The van der Waals surface area contributed by atoms with Crippen molar-refractivity contribution in [1.29, 1.82) is 0 Å². The van der Waals surface area contributed by atoms with E-state index in [-0.39, 0.29) is 0 Å². The molecule has 0 atom stereocenters. The molecular weight excluding hydrogens is 260 g/mol. The normalized spacial score (nSPS) is 16.2. The second kappa shape index (κ2) is 5.38. The Morgan fingerprint density at radius 1 is 1.37 bits per heavy atom. The number of imidazole rings is 1. The third-order valence-electron chi connectivity index (χ3n) is 3.31. The van der Waals surface area contributed by atoms with Gasteiger partial charge < -0.3 is 9.64 Å². The molecule has 3 rings (SSSR count). The Bertz CT molecular complexity index is 577. The van der Waals surface area contributed by atoms with Crippen LogP contribution in [0.1, 0.15) is 11.4 Å². The van der Waals surface area contributed by atoms with Crippen molar-refractivity contribution < 1.29 is 4.74 Å². The Balaban J connectivity index is 2.05. The van der Waals surface area contributed by atoms with E-state index in [0.717, 1.165) is 54.9 Å². The lowest BCUT2D eigenvalue weighted by atomic mass is 10.4.